The van der Waals surface area contributed by atoms with Crippen LogP contribution in [0.25, 0.3) is 40.8 Å². The Morgan fingerprint density at radius 1 is 0.586 bits per heavy atom. The predicted octanol–water partition coefficient (Wildman–Crippen LogP) is 9.79. The summed E-state index contributed by atoms with van der Waals surface area (Å²) in [4.78, 5) is 91.3. The van der Waals surface area contributed by atoms with Gasteiger partial charge in [0.2, 0.25) is 0 Å². The summed E-state index contributed by atoms with van der Waals surface area (Å²) in [5.74, 6) is -4.66. The zero-order chi connectivity index (χ0) is 48.6. The average Bonchev–Trinajstić information content (AvgIpc) is 4.22. The van der Waals surface area contributed by atoms with Gasteiger partial charge in [0.05, 0.1) is 62.8 Å². The molecule has 0 atom stereocenters. The number of thiazole rings is 1. The van der Waals surface area contributed by atoms with Crippen molar-refractivity contribution in [1.29, 1.82) is 21.0 Å². The normalized spacial score (nSPS) is 13.9. The van der Waals surface area contributed by atoms with Crippen molar-refractivity contribution in [2.24, 2.45) is 0 Å². The zero-order valence-electron chi connectivity index (χ0n) is 35.3. The van der Waals surface area contributed by atoms with Gasteiger partial charge in [-0.2, -0.15) is 21.0 Å². The number of benzene rings is 4. The third kappa shape index (κ3) is 6.71. The van der Waals surface area contributed by atoms with Crippen molar-refractivity contribution in [2.45, 2.75) is 18.8 Å². The Balaban J connectivity index is 1.06. The lowest BCUT2D eigenvalue weighted by atomic mass is 9.91. The Morgan fingerprint density at radius 3 is 1.53 bits per heavy atom. The highest BCUT2D eigenvalue weighted by atomic mass is 32.1. The van der Waals surface area contributed by atoms with E-state index >= 15 is 9.59 Å². The van der Waals surface area contributed by atoms with E-state index < -0.39 is 40.7 Å². The average molecular weight is 988 g/mol. The second kappa shape index (κ2) is 16.6. The molecule has 1 aliphatic heterocycles. The minimum Gasteiger partial charge on any atom is -0.457 e. The number of aromatic nitrogens is 1. The van der Waals surface area contributed by atoms with E-state index in [0.717, 1.165) is 34.0 Å². The first-order chi connectivity index (χ1) is 34.0. The number of carbonyl (C=O) groups is 6. The van der Waals surface area contributed by atoms with Crippen molar-refractivity contribution in [3.8, 4) is 39.8 Å². The van der Waals surface area contributed by atoms with Gasteiger partial charge in [0.1, 0.15) is 47.3 Å². The lowest BCUT2D eigenvalue weighted by Crippen LogP contribution is -2.52. The Kier molecular flexibility index (Phi) is 10.4. The van der Waals surface area contributed by atoms with Crippen LogP contribution in [0.5, 0.6) is 5.75 Å². The summed E-state index contributed by atoms with van der Waals surface area (Å²) >= 11 is 4.52. The molecule has 0 radical (unpaired) electrons. The molecule has 0 saturated heterocycles. The molecule has 332 valence electrons. The van der Waals surface area contributed by atoms with Crippen LogP contribution in [0, 0.1) is 45.3 Å². The standard InChI is InChI=1S/C52H21N5O9S4/c53-18-26-11-31-32(12-27(26)19-54)41(59)35(40(31)58)15-30-16-37-45(67-30)44-48(68-37)46-39(52(66-44,50(62)64-22-24-7-3-1-4-8-24)51(63)65-23-25-9-5-2-6-10-25)47-49(70-46)57-38(69-47)17-36-42(60)33-13-28(20-55)29(21-56)14-34(33)43(36)61/h1-17H,22-23H2. The highest BCUT2D eigenvalue weighted by Gasteiger charge is 2.60. The van der Waals surface area contributed by atoms with Gasteiger partial charge in [0, 0.05) is 27.1 Å². The number of nitrogens with zero attached hydrogens (tertiary/aromatic N) is 5. The number of hydrogen-bond acceptors (Lipinski definition) is 18. The molecule has 0 fully saturated rings. The predicted molar refractivity (Wildman–Crippen MR) is 256 cm³/mol. The van der Waals surface area contributed by atoms with Crippen LogP contribution in [-0.4, -0.2) is 40.1 Å². The van der Waals surface area contributed by atoms with Crippen molar-refractivity contribution in [2.75, 3.05) is 0 Å². The Hall–Kier alpha value is -9.01. The first-order valence-corrected chi connectivity index (χ1v) is 23.9. The topological polar surface area (TPSA) is 238 Å². The maximum atomic E-state index is 15.1. The second-order valence-electron chi connectivity index (χ2n) is 15.8. The Labute approximate surface area is 410 Å². The molecule has 5 heterocycles. The van der Waals surface area contributed by atoms with Gasteiger partial charge in [-0.3, -0.25) is 19.2 Å². The molecule has 3 aliphatic rings. The van der Waals surface area contributed by atoms with Gasteiger partial charge in [-0.15, -0.1) is 45.3 Å². The highest BCUT2D eigenvalue weighted by Crippen LogP contribution is 2.60. The quantitative estimate of drug-likeness (QED) is 0.0596. The minimum atomic E-state index is -2.63. The fourth-order valence-corrected chi connectivity index (χ4v) is 13.5. The summed E-state index contributed by atoms with van der Waals surface area (Å²) in [6.45, 7) is -0.520. The molecular formula is C52H21N5O9S4. The molecular weight excluding hydrogens is 967 g/mol. The van der Waals surface area contributed by atoms with E-state index in [-0.39, 0.29) is 85.2 Å². The van der Waals surface area contributed by atoms with Gasteiger partial charge in [0.15, 0.2) is 28.9 Å². The second-order valence-corrected chi connectivity index (χ2v) is 19.9. The van der Waals surface area contributed by atoms with Gasteiger partial charge >= 0.3 is 17.5 Å². The number of nitriles is 4. The molecule has 8 aromatic rings. The first-order valence-electron chi connectivity index (χ1n) is 20.7. The highest BCUT2D eigenvalue weighted by molar-refractivity contribution is 7.34. The van der Waals surface area contributed by atoms with Gasteiger partial charge in [-0.25, -0.2) is 14.6 Å². The van der Waals surface area contributed by atoms with Crippen molar-refractivity contribution in [3.63, 3.8) is 0 Å². The molecule has 0 amide bonds. The van der Waals surface area contributed by atoms with Crippen LogP contribution in [-0.2, 0) is 37.9 Å². The van der Waals surface area contributed by atoms with E-state index in [1.54, 1.807) is 66.7 Å². The maximum absolute atomic E-state index is 15.1. The number of Topliss-reactive ketones (excluding diaryl/α,β-unsaturated/α-hetero) is 4. The van der Waals surface area contributed by atoms with E-state index in [2.05, 4.69) is 0 Å². The molecule has 0 bridgehead atoms. The minimum absolute atomic E-state index is 0.00626. The number of thiophene rings is 3. The molecule has 4 aromatic carbocycles. The van der Waals surface area contributed by atoms with E-state index in [0.29, 0.717) is 44.7 Å². The SMILES string of the molecule is N#Cc1cc2c(cc1C#N)C(=O)C(=Cc1cc3sc4c(c3s1)OC(C(=O)OCc1ccccc1)(C(=O)OCc1ccccc1)c1c-4sc3nc(C=C4C(=O)c5cc(C#N)c(C#N)cc5C4=O)sc13)C2=O. The summed E-state index contributed by atoms with van der Waals surface area (Å²) in [6.07, 6.45) is 2.71. The van der Waals surface area contributed by atoms with Gasteiger partial charge in [-0.05, 0) is 53.6 Å². The van der Waals surface area contributed by atoms with Crippen LogP contribution < -0.4 is 4.74 Å². The number of fused-ring (bicyclic) bond motifs is 9. The van der Waals surface area contributed by atoms with E-state index in [1.807, 2.05) is 24.3 Å². The monoisotopic (exact) mass is 987 g/mol. The van der Waals surface area contributed by atoms with Crippen molar-refractivity contribution in [1.82, 2.24) is 4.98 Å². The third-order valence-electron chi connectivity index (χ3n) is 11.7. The van der Waals surface area contributed by atoms with Crippen molar-refractivity contribution in [3.05, 3.63) is 173 Å². The van der Waals surface area contributed by atoms with Crippen LogP contribution in [0.15, 0.2) is 102 Å². The molecule has 2 aliphatic carbocycles. The fourth-order valence-electron chi connectivity index (χ4n) is 8.40. The number of esters is 2. The van der Waals surface area contributed by atoms with Crippen molar-refractivity contribution >= 4 is 112 Å². The number of hydrogen-bond donors (Lipinski definition) is 0. The molecule has 0 unspecified atom stereocenters. The molecule has 4 aromatic heterocycles. The van der Waals surface area contributed by atoms with Gasteiger partial charge in [-0.1, -0.05) is 60.7 Å². The van der Waals surface area contributed by atoms with E-state index in [4.69, 9.17) is 19.2 Å². The molecule has 70 heavy (non-hydrogen) atoms. The van der Waals surface area contributed by atoms with Crippen LogP contribution in [0.3, 0.4) is 0 Å². The molecule has 14 nitrogen and oxygen atoms in total. The fraction of sp³-hybridized carbons (Fsp3) is 0.0577. The number of rotatable bonds is 8. The molecule has 0 saturated carbocycles. The molecule has 11 rings (SSSR count). The first kappa shape index (κ1) is 43.6. The smallest absolute Gasteiger partial charge is 0.367 e. The molecule has 18 heteroatoms. The van der Waals surface area contributed by atoms with Crippen molar-refractivity contribution < 1.29 is 43.0 Å². The number of allylic oxidation sites excluding steroid dienone is 2. The van der Waals surface area contributed by atoms with Crippen LogP contribution in [0.4, 0.5) is 0 Å². The van der Waals surface area contributed by atoms with Crippen LogP contribution >= 0.6 is 45.3 Å². The molecule has 0 N–H and O–H groups in total. The zero-order valence-corrected chi connectivity index (χ0v) is 38.5. The Bertz CT molecular complexity index is 3830. The van der Waals surface area contributed by atoms with E-state index in [9.17, 15) is 40.2 Å². The summed E-state index contributed by atoms with van der Waals surface area (Å²) < 4.78 is 20.2. The lowest BCUT2D eigenvalue weighted by molar-refractivity contribution is -0.183. The number of carbonyl (C=O) groups excluding carboxylic acids is 6. The Morgan fingerprint density at radius 2 is 1.06 bits per heavy atom. The largest absolute Gasteiger partial charge is 0.457 e. The number of ether oxygens (including phenoxy) is 3. The summed E-state index contributed by atoms with van der Waals surface area (Å²) in [5.41, 5.74) is -2.01. The molecule has 0 spiro atoms. The van der Waals surface area contributed by atoms with Crippen LogP contribution in [0.2, 0.25) is 0 Å². The van der Waals surface area contributed by atoms with Crippen LogP contribution in [0.1, 0.15) is 90.3 Å². The maximum Gasteiger partial charge on any atom is 0.367 e. The van der Waals surface area contributed by atoms with E-state index in [1.165, 1.54) is 47.8 Å². The summed E-state index contributed by atoms with van der Waals surface area (Å²) in [5, 5.41) is 38.5. The lowest BCUT2D eigenvalue weighted by Gasteiger charge is -2.33. The summed E-state index contributed by atoms with van der Waals surface area (Å²) in [7, 11) is 0. The van der Waals surface area contributed by atoms with Gasteiger partial charge in [0.25, 0.3) is 0 Å². The summed E-state index contributed by atoms with van der Waals surface area (Å²) in [6, 6.07) is 31.8. The third-order valence-corrected chi connectivity index (χ3v) is 16.5. The van der Waals surface area contributed by atoms with Gasteiger partial charge < -0.3 is 14.2 Å². The number of ketones is 4.